The van der Waals surface area contributed by atoms with E-state index in [2.05, 4.69) is 20.2 Å². The quantitative estimate of drug-likeness (QED) is 0.347. The Morgan fingerprint density at radius 3 is 2.90 bits per heavy atom. The Morgan fingerprint density at radius 1 is 1.20 bits per heavy atom. The van der Waals surface area contributed by atoms with Crippen molar-refractivity contribution in [2.45, 2.75) is 50.4 Å². The van der Waals surface area contributed by atoms with Crippen LogP contribution in [0.5, 0.6) is 6.01 Å². The zero-order valence-electron chi connectivity index (χ0n) is 23.3. The smallest absolute Gasteiger partial charge is 0.319 e. The molecule has 0 saturated carbocycles. The lowest BCUT2D eigenvalue weighted by molar-refractivity contribution is 0.107. The van der Waals surface area contributed by atoms with Crippen LogP contribution in [-0.4, -0.2) is 77.4 Å². The maximum absolute atomic E-state index is 16.5. The van der Waals surface area contributed by atoms with Gasteiger partial charge in [0.1, 0.15) is 35.6 Å². The maximum Gasteiger partial charge on any atom is 0.319 e. The minimum absolute atomic E-state index is 0.0602. The molecule has 0 bridgehead atoms. The minimum atomic E-state index is -0.881. The van der Waals surface area contributed by atoms with Gasteiger partial charge >= 0.3 is 6.01 Å². The highest BCUT2D eigenvalue weighted by Gasteiger charge is 2.49. The average Bonchev–Trinajstić information content (AvgIpc) is 3.70. The Labute approximate surface area is 236 Å². The summed E-state index contributed by atoms with van der Waals surface area (Å²) in [6.07, 6.45) is 3.89. The lowest BCUT2D eigenvalue weighted by atomic mass is 9.95. The fourth-order valence-electron chi connectivity index (χ4n) is 7.07. The van der Waals surface area contributed by atoms with Gasteiger partial charge < -0.3 is 15.0 Å². The summed E-state index contributed by atoms with van der Waals surface area (Å²) in [4.78, 5) is 18.1. The number of hydrogen-bond donors (Lipinski definition) is 1. The molecule has 4 aromatic rings. The molecule has 7 nitrogen and oxygen atoms in total. The third-order valence-electron chi connectivity index (χ3n) is 9.28. The van der Waals surface area contributed by atoms with Crippen LogP contribution < -0.4 is 15.0 Å². The molecule has 3 aliphatic heterocycles. The van der Waals surface area contributed by atoms with Crippen LogP contribution in [0.3, 0.4) is 0 Å². The average molecular weight is 563 g/mol. The molecule has 2 aromatic carbocycles. The highest BCUT2D eigenvalue weighted by molar-refractivity contribution is 6.00. The third-order valence-corrected chi connectivity index (χ3v) is 9.28. The molecule has 0 aliphatic carbocycles. The number of nitrogens with zero attached hydrogens (tertiary/aromatic N) is 5. The number of rotatable bonds is 6. The maximum atomic E-state index is 16.5. The number of hydrogen-bond acceptors (Lipinski definition) is 7. The van der Waals surface area contributed by atoms with Gasteiger partial charge in [-0.3, -0.25) is 9.88 Å². The molecule has 214 valence electrons. The lowest BCUT2D eigenvalue weighted by Crippen LogP contribution is -2.43. The number of aromatic nitrogens is 3. The molecule has 0 radical (unpaired) electrons. The van der Waals surface area contributed by atoms with Gasteiger partial charge in [0.25, 0.3) is 0 Å². The number of nitrogens with one attached hydrogen (secondary N) is 1. The van der Waals surface area contributed by atoms with Crippen LogP contribution in [0.2, 0.25) is 0 Å². The Kier molecular flexibility index (Phi) is 6.50. The van der Waals surface area contributed by atoms with E-state index in [4.69, 9.17) is 9.72 Å². The minimum Gasteiger partial charge on any atom is -0.461 e. The van der Waals surface area contributed by atoms with Crippen LogP contribution in [0, 0.1) is 18.6 Å². The molecule has 3 aliphatic rings. The van der Waals surface area contributed by atoms with Gasteiger partial charge in [-0.15, -0.1) is 0 Å². The zero-order chi connectivity index (χ0) is 28.3. The number of halogens is 3. The van der Waals surface area contributed by atoms with Crippen molar-refractivity contribution >= 4 is 27.5 Å². The summed E-state index contributed by atoms with van der Waals surface area (Å²) in [6, 6.07) is 8.77. The predicted molar refractivity (Wildman–Crippen MR) is 153 cm³/mol. The van der Waals surface area contributed by atoms with Gasteiger partial charge in [-0.1, -0.05) is 24.3 Å². The van der Waals surface area contributed by atoms with E-state index < -0.39 is 12.0 Å². The summed E-state index contributed by atoms with van der Waals surface area (Å²) in [7, 11) is 1.94. The van der Waals surface area contributed by atoms with Gasteiger partial charge in [0.15, 0.2) is 5.82 Å². The Bertz CT molecular complexity index is 1640. The van der Waals surface area contributed by atoms with E-state index in [1.165, 1.54) is 6.07 Å². The van der Waals surface area contributed by atoms with Crippen LogP contribution >= 0.6 is 0 Å². The number of aryl methyl sites for hydroxylation is 1. The monoisotopic (exact) mass is 562 g/mol. The van der Waals surface area contributed by atoms with Crippen molar-refractivity contribution < 1.29 is 17.9 Å². The van der Waals surface area contributed by atoms with E-state index in [1.807, 2.05) is 24.1 Å². The number of likely N-dealkylation sites (N-methyl/N-ethyl adjacent to an activating group) is 1. The van der Waals surface area contributed by atoms with Crippen molar-refractivity contribution in [1.29, 1.82) is 0 Å². The predicted octanol–water partition coefficient (Wildman–Crippen LogP) is 5.18. The summed E-state index contributed by atoms with van der Waals surface area (Å²) in [6.45, 7) is 4.86. The second-order valence-corrected chi connectivity index (χ2v) is 11.7. The standard InChI is InChI=1S/C31H33F3N6O/c1-18-24(33)8-7-19-5-3-6-22(25(18)19)27-26(34)28-23(15-36-27)29(39(2)21-9-11-35-14-21)38-30(37-28)41-17-31-10-4-12-40(31)16-20(32)13-31/h3,5-8,15,20-21,35H,4,9-14,16-17H2,1-2H3/t20-,21-,31+/m1/s1. The summed E-state index contributed by atoms with van der Waals surface area (Å²) in [5.41, 5.74) is 0.730. The molecule has 0 unspecified atom stereocenters. The Hall–Kier alpha value is -3.50. The first-order valence-electron chi connectivity index (χ1n) is 14.3. The molecule has 10 heteroatoms. The van der Waals surface area contributed by atoms with Crippen LogP contribution in [0.15, 0.2) is 36.5 Å². The van der Waals surface area contributed by atoms with Crippen molar-refractivity contribution in [3.05, 3.63) is 53.7 Å². The first kappa shape index (κ1) is 26.4. The van der Waals surface area contributed by atoms with Gasteiger partial charge in [0, 0.05) is 44.4 Å². The molecule has 3 atom stereocenters. The Morgan fingerprint density at radius 2 is 2.07 bits per heavy atom. The van der Waals surface area contributed by atoms with E-state index in [0.29, 0.717) is 40.7 Å². The molecule has 41 heavy (non-hydrogen) atoms. The van der Waals surface area contributed by atoms with Gasteiger partial charge in [-0.25, -0.2) is 13.2 Å². The van der Waals surface area contributed by atoms with E-state index in [9.17, 15) is 8.78 Å². The van der Waals surface area contributed by atoms with Crippen LogP contribution in [-0.2, 0) is 0 Å². The second-order valence-electron chi connectivity index (χ2n) is 11.7. The summed E-state index contributed by atoms with van der Waals surface area (Å²) >= 11 is 0. The van der Waals surface area contributed by atoms with Gasteiger partial charge in [-0.2, -0.15) is 9.97 Å². The van der Waals surface area contributed by atoms with E-state index in [0.717, 1.165) is 44.3 Å². The van der Waals surface area contributed by atoms with Crippen LogP contribution in [0.4, 0.5) is 19.0 Å². The first-order chi connectivity index (χ1) is 19.8. The number of fused-ring (bicyclic) bond motifs is 3. The highest BCUT2D eigenvalue weighted by atomic mass is 19.1. The normalized spacial score (nSPS) is 24.4. The number of benzene rings is 2. The molecule has 2 aromatic heterocycles. The lowest BCUT2D eigenvalue weighted by Gasteiger charge is -2.31. The summed E-state index contributed by atoms with van der Waals surface area (Å²) in [5, 5.41) is 5.25. The summed E-state index contributed by atoms with van der Waals surface area (Å²) in [5.74, 6) is -0.441. The SMILES string of the molecule is Cc1c(F)ccc2cccc(-c3ncc4c(N(C)[C@@H]5CCNC5)nc(OC[C@@]56CCCN5C[C@H](F)C6)nc4c3F)c12. The number of alkyl halides is 1. The van der Waals surface area contributed by atoms with Gasteiger partial charge in [0.05, 0.1) is 10.9 Å². The van der Waals surface area contributed by atoms with Crippen molar-refractivity contribution in [2.24, 2.45) is 0 Å². The Balaban J connectivity index is 1.35. The number of pyridine rings is 1. The van der Waals surface area contributed by atoms with E-state index in [1.54, 1.807) is 25.3 Å². The molecular weight excluding hydrogens is 529 g/mol. The number of ether oxygens (including phenoxy) is 1. The van der Waals surface area contributed by atoms with Gasteiger partial charge in [0.2, 0.25) is 0 Å². The molecule has 0 spiro atoms. The van der Waals surface area contributed by atoms with Crippen molar-refractivity contribution in [2.75, 3.05) is 44.7 Å². The van der Waals surface area contributed by atoms with Gasteiger partial charge in [-0.05, 0) is 61.7 Å². The summed E-state index contributed by atoms with van der Waals surface area (Å²) < 4.78 is 51.7. The molecule has 5 heterocycles. The van der Waals surface area contributed by atoms with Crippen LogP contribution in [0.1, 0.15) is 31.2 Å². The first-order valence-corrected chi connectivity index (χ1v) is 14.3. The molecule has 3 fully saturated rings. The van der Waals surface area contributed by atoms with Crippen LogP contribution in [0.25, 0.3) is 32.9 Å². The topological polar surface area (TPSA) is 66.4 Å². The zero-order valence-corrected chi connectivity index (χ0v) is 23.3. The van der Waals surface area contributed by atoms with Crippen molar-refractivity contribution in [3.8, 4) is 17.3 Å². The number of anilines is 1. The van der Waals surface area contributed by atoms with Crippen molar-refractivity contribution in [3.63, 3.8) is 0 Å². The highest BCUT2D eigenvalue weighted by Crippen LogP contribution is 2.41. The molecule has 7 rings (SSSR count). The molecular formula is C31H33F3N6O. The largest absolute Gasteiger partial charge is 0.461 e. The molecule has 0 amide bonds. The van der Waals surface area contributed by atoms with E-state index >= 15 is 4.39 Å². The van der Waals surface area contributed by atoms with Crippen molar-refractivity contribution in [1.82, 2.24) is 25.2 Å². The second kappa shape index (κ2) is 10.1. The fourth-order valence-corrected chi connectivity index (χ4v) is 7.07. The van der Waals surface area contributed by atoms with E-state index in [-0.39, 0.29) is 41.2 Å². The fraction of sp³-hybridized carbons (Fsp3) is 0.452. The molecule has 3 saturated heterocycles. The molecule has 1 N–H and O–H groups in total. The third kappa shape index (κ3) is 4.39.